The molecule has 1 aliphatic rings. The number of likely N-dealkylation sites (tertiary alicyclic amines) is 1. The normalized spacial score (nSPS) is 15.9. The van der Waals surface area contributed by atoms with E-state index in [9.17, 15) is 9.59 Å². The Balaban J connectivity index is 1.45. The van der Waals surface area contributed by atoms with E-state index in [2.05, 4.69) is 25.6 Å². The smallest absolute Gasteiger partial charge is 0.274 e. The van der Waals surface area contributed by atoms with E-state index < -0.39 is 0 Å². The van der Waals surface area contributed by atoms with Crippen LogP contribution in [-0.2, 0) is 11.3 Å². The van der Waals surface area contributed by atoms with Gasteiger partial charge in [-0.3, -0.25) is 19.3 Å². The molecule has 8 nitrogen and oxygen atoms in total. The Morgan fingerprint density at radius 3 is 2.78 bits per heavy atom. The molecular weight excluding hydrogens is 344 g/mol. The van der Waals surface area contributed by atoms with Crippen molar-refractivity contribution in [2.45, 2.75) is 38.8 Å². The van der Waals surface area contributed by atoms with Crippen molar-refractivity contribution in [3.05, 3.63) is 42.5 Å². The van der Waals surface area contributed by atoms with Crippen LogP contribution in [0.3, 0.4) is 0 Å². The van der Waals surface area contributed by atoms with Crippen molar-refractivity contribution < 1.29 is 9.59 Å². The van der Waals surface area contributed by atoms with E-state index in [1.807, 2.05) is 6.92 Å². The van der Waals surface area contributed by atoms with Gasteiger partial charge in [-0.2, -0.15) is 5.10 Å². The first-order chi connectivity index (χ1) is 13.1. The van der Waals surface area contributed by atoms with Gasteiger partial charge >= 0.3 is 0 Å². The van der Waals surface area contributed by atoms with Crippen LogP contribution in [0.1, 0.15) is 36.7 Å². The molecule has 1 atom stereocenters. The van der Waals surface area contributed by atoms with Gasteiger partial charge in [-0.15, -0.1) is 0 Å². The number of nitrogens with zero attached hydrogens (tertiary/aromatic N) is 4. The summed E-state index contributed by atoms with van der Waals surface area (Å²) in [5, 5.41) is 9.87. The fourth-order valence-corrected chi connectivity index (χ4v) is 3.25. The number of piperidine rings is 1. The SMILES string of the molecule is C[C@H](CN1CCCCC1)NC(=O)Cn1cc(NC(=O)c2ccccn2)cn1. The van der Waals surface area contributed by atoms with E-state index >= 15 is 0 Å². The third kappa shape index (κ3) is 5.89. The third-order valence-corrected chi connectivity index (χ3v) is 4.48. The summed E-state index contributed by atoms with van der Waals surface area (Å²) < 4.78 is 1.51. The molecule has 0 bridgehead atoms. The molecular formula is C19H26N6O2. The second-order valence-corrected chi connectivity index (χ2v) is 6.93. The van der Waals surface area contributed by atoms with Crippen molar-refractivity contribution >= 4 is 17.5 Å². The molecule has 3 heterocycles. The minimum Gasteiger partial charge on any atom is -0.351 e. The second-order valence-electron chi connectivity index (χ2n) is 6.93. The highest BCUT2D eigenvalue weighted by atomic mass is 16.2. The lowest BCUT2D eigenvalue weighted by molar-refractivity contribution is -0.122. The van der Waals surface area contributed by atoms with Crippen LogP contribution in [0.15, 0.2) is 36.8 Å². The van der Waals surface area contributed by atoms with Gasteiger partial charge in [-0.25, -0.2) is 0 Å². The van der Waals surface area contributed by atoms with Crippen LogP contribution in [0.25, 0.3) is 0 Å². The van der Waals surface area contributed by atoms with Crippen molar-refractivity contribution in [2.75, 3.05) is 25.0 Å². The Hall–Kier alpha value is -2.74. The van der Waals surface area contributed by atoms with Crippen molar-refractivity contribution in [3.8, 4) is 0 Å². The molecule has 0 aromatic carbocycles. The summed E-state index contributed by atoms with van der Waals surface area (Å²) in [5.74, 6) is -0.403. The maximum absolute atomic E-state index is 12.2. The van der Waals surface area contributed by atoms with E-state index in [0.717, 1.165) is 19.6 Å². The first kappa shape index (κ1) is 19.0. The molecule has 1 saturated heterocycles. The van der Waals surface area contributed by atoms with Crippen molar-refractivity contribution in [3.63, 3.8) is 0 Å². The van der Waals surface area contributed by atoms with E-state index in [-0.39, 0.29) is 24.4 Å². The number of aromatic nitrogens is 3. The second kappa shape index (κ2) is 9.27. The summed E-state index contributed by atoms with van der Waals surface area (Å²) in [6, 6.07) is 5.23. The Morgan fingerprint density at radius 1 is 1.22 bits per heavy atom. The molecule has 144 valence electrons. The molecule has 1 aliphatic heterocycles. The maximum atomic E-state index is 12.2. The van der Waals surface area contributed by atoms with Crippen LogP contribution in [0.2, 0.25) is 0 Å². The number of anilines is 1. The predicted octanol–water partition coefficient (Wildman–Crippen LogP) is 1.52. The summed E-state index contributed by atoms with van der Waals surface area (Å²) in [4.78, 5) is 30.7. The molecule has 0 aliphatic carbocycles. The number of pyridine rings is 1. The van der Waals surface area contributed by atoms with Crippen LogP contribution in [0.4, 0.5) is 5.69 Å². The average Bonchev–Trinajstić information content (AvgIpc) is 3.09. The van der Waals surface area contributed by atoms with Crippen molar-refractivity contribution in [2.24, 2.45) is 0 Å². The Kier molecular flexibility index (Phi) is 6.54. The predicted molar refractivity (Wildman–Crippen MR) is 102 cm³/mol. The summed E-state index contributed by atoms with van der Waals surface area (Å²) in [7, 11) is 0. The number of carbonyl (C=O) groups excluding carboxylic acids is 2. The van der Waals surface area contributed by atoms with E-state index in [4.69, 9.17) is 0 Å². The first-order valence-corrected chi connectivity index (χ1v) is 9.37. The number of amides is 2. The molecule has 0 unspecified atom stereocenters. The van der Waals surface area contributed by atoms with Crippen LogP contribution in [0.5, 0.6) is 0 Å². The number of hydrogen-bond acceptors (Lipinski definition) is 5. The number of nitrogens with one attached hydrogen (secondary N) is 2. The molecule has 2 aromatic rings. The molecule has 8 heteroatoms. The van der Waals surface area contributed by atoms with Crippen LogP contribution < -0.4 is 10.6 Å². The van der Waals surface area contributed by atoms with Gasteiger partial charge < -0.3 is 15.5 Å². The molecule has 2 N–H and O–H groups in total. The fraction of sp³-hybridized carbons (Fsp3) is 0.474. The van der Waals surface area contributed by atoms with Gasteiger partial charge in [0.1, 0.15) is 12.2 Å². The quantitative estimate of drug-likeness (QED) is 0.771. The molecule has 2 aromatic heterocycles. The van der Waals surface area contributed by atoms with Gasteiger partial charge in [-0.05, 0) is 45.0 Å². The minimum absolute atomic E-state index is 0.0921. The lowest BCUT2D eigenvalue weighted by atomic mass is 10.1. The zero-order chi connectivity index (χ0) is 19.1. The summed E-state index contributed by atoms with van der Waals surface area (Å²) in [6.45, 7) is 5.23. The summed E-state index contributed by atoms with van der Waals surface area (Å²) >= 11 is 0. The standard InChI is InChI=1S/C19H26N6O2/c1-15(12-24-9-5-2-6-10-24)22-18(26)14-25-13-16(11-21-25)23-19(27)17-7-3-4-8-20-17/h3-4,7-8,11,13,15H,2,5-6,9-10,12,14H2,1H3,(H,22,26)(H,23,27)/t15-/m1/s1. The fourth-order valence-electron chi connectivity index (χ4n) is 3.25. The van der Waals surface area contributed by atoms with Crippen LogP contribution in [-0.4, -0.2) is 57.2 Å². The van der Waals surface area contributed by atoms with Gasteiger partial charge in [0.25, 0.3) is 5.91 Å². The van der Waals surface area contributed by atoms with Gasteiger partial charge in [0, 0.05) is 25.0 Å². The molecule has 0 radical (unpaired) electrons. The third-order valence-electron chi connectivity index (χ3n) is 4.48. The summed E-state index contributed by atoms with van der Waals surface area (Å²) in [6.07, 6.45) is 8.49. The highest BCUT2D eigenvalue weighted by Gasteiger charge is 2.15. The number of rotatable bonds is 7. The minimum atomic E-state index is -0.310. The molecule has 1 fully saturated rings. The van der Waals surface area contributed by atoms with Crippen molar-refractivity contribution in [1.82, 2.24) is 25.0 Å². The Labute approximate surface area is 159 Å². The van der Waals surface area contributed by atoms with E-state index in [1.165, 1.54) is 30.1 Å². The van der Waals surface area contributed by atoms with Crippen molar-refractivity contribution in [1.29, 1.82) is 0 Å². The highest BCUT2D eigenvalue weighted by molar-refractivity contribution is 6.02. The molecule has 2 amide bonds. The van der Waals surface area contributed by atoms with Gasteiger partial charge in [-0.1, -0.05) is 12.5 Å². The summed E-state index contributed by atoms with van der Waals surface area (Å²) in [5.41, 5.74) is 0.856. The monoisotopic (exact) mass is 370 g/mol. The molecule has 0 spiro atoms. The Morgan fingerprint density at radius 2 is 2.04 bits per heavy atom. The lowest BCUT2D eigenvalue weighted by Gasteiger charge is -2.29. The number of hydrogen-bond donors (Lipinski definition) is 2. The average molecular weight is 370 g/mol. The van der Waals surface area contributed by atoms with E-state index in [1.54, 1.807) is 30.6 Å². The van der Waals surface area contributed by atoms with Gasteiger partial charge in [0.05, 0.1) is 11.9 Å². The molecule has 27 heavy (non-hydrogen) atoms. The highest BCUT2D eigenvalue weighted by Crippen LogP contribution is 2.09. The number of carbonyl (C=O) groups is 2. The zero-order valence-electron chi connectivity index (χ0n) is 15.6. The van der Waals surface area contributed by atoms with Crippen LogP contribution in [0, 0.1) is 0 Å². The van der Waals surface area contributed by atoms with Gasteiger partial charge in [0.2, 0.25) is 5.91 Å². The topological polar surface area (TPSA) is 92.2 Å². The molecule has 3 rings (SSSR count). The maximum Gasteiger partial charge on any atom is 0.274 e. The lowest BCUT2D eigenvalue weighted by Crippen LogP contribution is -2.44. The largest absolute Gasteiger partial charge is 0.351 e. The first-order valence-electron chi connectivity index (χ1n) is 9.37. The van der Waals surface area contributed by atoms with Crippen LogP contribution >= 0.6 is 0 Å². The van der Waals surface area contributed by atoms with E-state index in [0.29, 0.717) is 11.4 Å². The van der Waals surface area contributed by atoms with Gasteiger partial charge in [0.15, 0.2) is 0 Å². The molecule has 0 saturated carbocycles. The zero-order valence-corrected chi connectivity index (χ0v) is 15.6. The Bertz CT molecular complexity index is 755.